The Morgan fingerprint density at radius 1 is 1.20 bits per heavy atom. The Hall–Kier alpha value is -0.410. The summed E-state index contributed by atoms with van der Waals surface area (Å²) in [5.41, 5.74) is 1.57. The average molecular weight is 292 g/mol. The van der Waals surface area contributed by atoms with Gasteiger partial charge >= 0.3 is 0 Å². The average Bonchev–Trinajstić information content (AvgIpc) is 2.94. The minimum Gasteiger partial charge on any atom is -0.308 e. The summed E-state index contributed by atoms with van der Waals surface area (Å²) in [5, 5.41) is 5.05. The highest BCUT2D eigenvalue weighted by Crippen LogP contribution is 2.42. The first-order valence-corrected chi connectivity index (χ1v) is 9.14. The van der Waals surface area contributed by atoms with E-state index in [1.807, 2.05) is 11.3 Å². The Labute approximate surface area is 127 Å². The molecule has 0 aliphatic heterocycles. The molecule has 3 rings (SSSR count). The fourth-order valence-electron chi connectivity index (χ4n) is 4.00. The van der Waals surface area contributed by atoms with E-state index in [4.69, 9.17) is 4.98 Å². The number of hydrogen-bond acceptors (Lipinski definition) is 3. The van der Waals surface area contributed by atoms with Crippen LogP contribution in [0, 0.1) is 11.8 Å². The van der Waals surface area contributed by atoms with Crippen LogP contribution in [0.15, 0.2) is 0 Å². The lowest BCUT2D eigenvalue weighted by Crippen LogP contribution is -2.39. The molecule has 0 aromatic carbocycles. The Balaban J connectivity index is 1.83. The van der Waals surface area contributed by atoms with Crippen LogP contribution in [-0.2, 0) is 18.4 Å². The molecule has 2 nitrogen and oxygen atoms in total. The Kier molecular flexibility index (Phi) is 4.19. The van der Waals surface area contributed by atoms with Crippen LogP contribution in [0.25, 0.3) is 0 Å². The summed E-state index contributed by atoms with van der Waals surface area (Å²) in [6.45, 7) is 4.77. The van der Waals surface area contributed by atoms with Gasteiger partial charge in [0.25, 0.3) is 0 Å². The second-order valence-corrected chi connectivity index (χ2v) is 8.09. The second-order valence-electron chi connectivity index (χ2n) is 7.01. The maximum Gasteiger partial charge on any atom is 0.113 e. The van der Waals surface area contributed by atoms with Crippen LogP contribution in [0.2, 0.25) is 0 Å². The van der Waals surface area contributed by atoms with E-state index in [0.29, 0.717) is 0 Å². The highest BCUT2D eigenvalue weighted by atomic mass is 32.1. The number of rotatable bonds is 3. The molecule has 3 heteroatoms. The lowest BCUT2D eigenvalue weighted by molar-refractivity contribution is 0.292. The smallest absolute Gasteiger partial charge is 0.113 e. The van der Waals surface area contributed by atoms with Gasteiger partial charge in [-0.1, -0.05) is 26.7 Å². The topological polar surface area (TPSA) is 24.9 Å². The Bertz CT molecular complexity index is 444. The van der Waals surface area contributed by atoms with Crippen LogP contribution in [0.5, 0.6) is 0 Å². The van der Waals surface area contributed by atoms with Gasteiger partial charge in [-0.05, 0) is 57.4 Å². The second kappa shape index (κ2) is 5.76. The molecule has 0 spiro atoms. The van der Waals surface area contributed by atoms with Gasteiger partial charge in [-0.3, -0.25) is 0 Å². The third-order valence-corrected chi connectivity index (χ3v) is 6.91. The summed E-state index contributed by atoms with van der Waals surface area (Å²) < 4.78 is 0. The number of thiazole rings is 1. The predicted molar refractivity (Wildman–Crippen MR) is 86.3 cm³/mol. The molecule has 2 aliphatic carbocycles. The monoisotopic (exact) mass is 292 g/mol. The number of hydrogen-bond donors (Lipinski definition) is 1. The van der Waals surface area contributed by atoms with Crippen molar-refractivity contribution in [1.82, 2.24) is 10.3 Å². The van der Waals surface area contributed by atoms with Crippen molar-refractivity contribution in [2.75, 3.05) is 7.05 Å². The Morgan fingerprint density at radius 2 is 2.05 bits per heavy atom. The molecule has 1 aromatic heterocycles. The maximum absolute atomic E-state index is 5.03. The SMILES string of the molecule is CNC1(c2nc3c(s2)CCC3)CCCC(C(C)C)CC1. The van der Waals surface area contributed by atoms with E-state index in [1.54, 1.807) is 4.88 Å². The highest BCUT2D eigenvalue weighted by Gasteiger charge is 2.37. The highest BCUT2D eigenvalue weighted by molar-refractivity contribution is 7.12. The summed E-state index contributed by atoms with van der Waals surface area (Å²) in [6, 6.07) is 0. The van der Waals surface area contributed by atoms with Crippen LogP contribution < -0.4 is 5.32 Å². The van der Waals surface area contributed by atoms with Gasteiger partial charge in [-0.25, -0.2) is 4.98 Å². The molecule has 112 valence electrons. The van der Waals surface area contributed by atoms with Gasteiger partial charge in [0.05, 0.1) is 11.2 Å². The van der Waals surface area contributed by atoms with Crippen molar-refractivity contribution in [2.45, 2.75) is 70.8 Å². The molecule has 0 amide bonds. The molecule has 2 unspecified atom stereocenters. The van der Waals surface area contributed by atoms with Crippen LogP contribution in [0.3, 0.4) is 0 Å². The van der Waals surface area contributed by atoms with E-state index in [-0.39, 0.29) is 5.54 Å². The first-order valence-electron chi connectivity index (χ1n) is 8.32. The summed E-state index contributed by atoms with van der Waals surface area (Å²) in [4.78, 5) is 6.59. The molecule has 0 radical (unpaired) electrons. The van der Waals surface area contributed by atoms with E-state index in [1.165, 1.54) is 62.1 Å². The third-order valence-electron chi connectivity index (χ3n) is 5.55. The summed E-state index contributed by atoms with van der Waals surface area (Å²) in [6.07, 6.45) is 10.4. The zero-order valence-electron chi connectivity index (χ0n) is 13.2. The fraction of sp³-hybridized carbons (Fsp3) is 0.824. The molecule has 2 aliphatic rings. The van der Waals surface area contributed by atoms with Crippen molar-refractivity contribution >= 4 is 11.3 Å². The van der Waals surface area contributed by atoms with Gasteiger partial charge in [0, 0.05) is 4.88 Å². The Morgan fingerprint density at radius 3 is 2.75 bits per heavy atom. The molecule has 1 N–H and O–H groups in total. The quantitative estimate of drug-likeness (QED) is 0.841. The normalized spacial score (nSPS) is 30.5. The maximum atomic E-state index is 5.03. The first-order chi connectivity index (χ1) is 9.64. The van der Waals surface area contributed by atoms with Crippen LogP contribution in [0.4, 0.5) is 0 Å². The molecule has 20 heavy (non-hydrogen) atoms. The largest absolute Gasteiger partial charge is 0.308 e. The molecule has 1 fully saturated rings. The minimum absolute atomic E-state index is 0.165. The zero-order valence-corrected chi connectivity index (χ0v) is 14.0. The third kappa shape index (κ3) is 2.55. The number of aromatic nitrogens is 1. The van der Waals surface area contributed by atoms with E-state index >= 15 is 0 Å². The molecule has 1 aromatic rings. The molecular weight excluding hydrogens is 264 g/mol. The van der Waals surface area contributed by atoms with Gasteiger partial charge in [0.1, 0.15) is 5.01 Å². The van der Waals surface area contributed by atoms with Gasteiger partial charge in [0.15, 0.2) is 0 Å². The van der Waals surface area contributed by atoms with Crippen molar-refractivity contribution in [3.63, 3.8) is 0 Å². The van der Waals surface area contributed by atoms with Gasteiger partial charge in [0.2, 0.25) is 0 Å². The van der Waals surface area contributed by atoms with E-state index in [2.05, 4.69) is 26.2 Å². The lowest BCUT2D eigenvalue weighted by atomic mass is 9.87. The number of fused-ring (bicyclic) bond motifs is 1. The lowest BCUT2D eigenvalue weighted by Gasteiger charge is -2.31. The van der Waals surface area contributed by atoms with Crippen LogP contribution in [0.1, 0.15) is 68.0 Å². The van der Waals surface area contributed by atoms with E-state index < -0.39 is 0 Å². The van der Waals surface area contributed by atoms with E-state index in [9.17, 15) is 0 Å². The summed E-state index contributed by atoms with van der Waals surface area (Å²) >= 11 is 2.00. The van der Waals surface area contributed by atoms with Crippen LogP contribution >= 0.6 is 11.3 Å². The fourth-order valence-corrected chi connectivity index (χ4v) is 5.40. The predicted octanol–water partition coefficient (Wildman–Crippen LogP) is 4.28. The zero-order chi connectivity index (χ0) is 14.2. The van der Waals surface area contributed by atoms with Gasteiger partial charge < -0.3 is 5.32 Å². The standard InChI is InChI=1S/C17H28N2S/c1-12(2)13-6-5-10-17(18-3,11-9-13)16-19-14-7-4-8-15(14)20-16/h12-13,18H,4-11H2,1-3H3. The van der Waals surface area contributed by atoms with Crippen LogP contribution in [-0.4, -0.2) is 12.0 Å². The number of nitrogens with zero attached hydrogens (tertiary/aromatic N) is 1. The number of nitrogens with one attached hydrogen (secondary N) is 1. The molecule has 0 saturated heterocycles. The molecule has 2 atom stereocenters. The van der Waals surface area contributed by atoms with E-state index in [0.717, 1.165) is 11.8 Å². The minimum atomic E-state index is 0.165. The van der Waals surface area contributed by atoms with Gasteiger partial charge in [-0.2, -0.15) is 0 Å². The number of aryl methyl sites for hydroxylation is 2. The molecule has 1 saturated carbocycles. The molecule has 1 heterocycles. The first kappa shape index (κ1) is 14.5. The summed E-state index contributed by atoms with van der Waals surface area (Å²) in [5.74, 6) is 1.72. The molecular formula is C17H28N2S. The summed E-state index contributed by atoms with van der Waals surface area (Å²) in [7, 11) is 2.14. The van der Waals surface area contributed by atoms with Crippen molar-refractivity contribution < 1.29 is 0 Å². The van der Waals surface area contributed by atoms with Gasteiger partial charge in [-0.15, -0.1) is 11.3 Å². The van der Waals surface area contributed by atoms with Crippen molar-refractivity contribution in [1.29, 1.82) is 0 Å². The van der Waals surface area contributed by atoms with Crippen molar-refractivity contribution in [2.24, 2.45) is 11.8 Å². The van der Waals surface area contributed by atoms with Crippen molar-refractivity contribution in [3.05, 3.63) is 15.6 Å². The molecule has 0 bridgehead atoms. The van der Waals surface area contributed by atoms with Crippen molar-refractivity contribution in [3.8, 4) is 0 Å².